The minimum atomic E-state index is 0.0218. The summed E-state index contributed by atoms with van der Waals surface area (Å²) in [5.74, 6) is 1.71. The number of nitrogens with one attached hydrogen (secondary N) is 2. The van der Waals surface area contributed by atoms with E-state index in [1.54, 1.807) is 21.3 Å². The van der Waals surface area contributed by atoms with Crippen molar-refractivity contribution in [2.24, 2.45) is 0 Å². The largest absolute Gasteiger partial charge is 0.493 e. The zero-order chi connectivity index (χ0) is 19.9. The zero-order valence-corrected chi connectivity index (χ0v) is 16.5. The van der Waals surface area contributed by atoms with Crippen molar-refractivity contribution in [1.82, 2.24) is 10.3 Å². The first-order chi connectivity index (χ1) is 13.7. The van der Waals surface area contributed by atoms with Crippen LogP contribution in [-0.4, -0.2) is 32.2 Å². The summed E-state index contributed by atoms with van der Waals surface area (Å²) in [5, 5.41) is 4.18. The van der Waals surface area contributed by atoms with Gasteiger partial charge in [0.15, 0.2) is 11.5 Å². The minimum Gasteiger partial charge on any atom is -0.493 e. The van der Waals surface area contributed by atoms with Gasteiger partial charge in [-0.1, -0.05) is 18.2 Å². The summed E-state index contributed by atoms with van der Waals surface area (Å²) in [7, 11) is 4.71. The van der Waals surface area contributed by atoms with E-state index < -0.39 is 0 Å². The summed E-state index contributed by atoms with van der Waals surface area (Å²) in [6.07, 6.45) is 4.16. The van der Waals surface area contributed by atoms with Crippen LogP contribution in [0, 0.1) is 0 Å². The smallest absolute Gasteiger partial charge is 0.220 e. The van der Waals surface area contributed by atoms with Crippen LogP contribution in [0.2, 0.25) is 0 Å². The van der Waals surface area contributed by atoms with Crippen LogP contribution in [0.25, 0.3) is 10.9 Å². The Balaban J connectivity index is 1.53. The number of H-pyrrole nitrogens is 1. The Morgan fingerprint density at radius 2 is 1.75 bits per heavy atom. The predicted molar refractivity (Wildman–Crippen MR) is 109 cm³/mol. The molecule has 2 N–H and O–H groups in total. The molecule has 0 bridgehead atoms. The standard InChI is InChI=1S/C22H26N2O4/c1-26-19-11-15(12-20(27-2)22(19)28-3)13-24-21(25)10-6-7-16-14-23-18-9-5-4-8-17(16)18/h4-5,8-9,11-12,14,23H,6-7,10,13H2,1-3H3,(H,24,25). The number of aryl methyl sites for hydroxylation is 1. The Morgan fingerprint density at radius 3 is 2.43 bits per heavy atom. The number of amides is 1. The molecule has 0 unspecified atom stereocenters. The van der Waals surface area contributed by atoms with Gasteiger partial charge in [-0.25, -0.2) is 0 Å². The van der Waals surface area contributed by atoms with E-state index >= 15 is 0 Å². The van der Waals surface area contributed by atoms with Crippen LogP contribution < -0.4 is 19.5 Å². The van der Waals surface area contributed by atoms with Crippen molar-refractivity contribution in [1.29, 1.82) is 0 Å². The van der Waals surface area contributed by atoms with Gasteiger partial charge in [0.25, 0.3) is 0 Å². The van der Waals surface area contributed by atoms with Crippen molar-refractivity contribution in [2.75, 3.05) is 21.3 Å². The maximum Gasteiger partial charge on any atom is 0.220 e. The Morgan fingerprint density at radius 1 is 1.04 bits per heavy atom. The van der Waals surface area contributed by atoms with Crippen molar-refractivity contribution in [3.8, 4) is 17.2 Å². The van der Waals surface area contributed by atoms with Crippen molar-refractivity contribution in [3.05, 3.63) is 53.7 Å². The molecular weight excluding hydrogens is 356 g/mol. The number of para-hydroxylation sites is 1. The van der Waals surface area contributed by atoms with Gasteiger partial charge in [-0.2, -0.15) is 0 Å². The summed E-state index contributed by atoms with van der Waals surface area (Å²) < 4.78 is 16.0. The molecule has 3 aromatic rings. The molecule has 1 aromatic heterocycles. The predicted octanol–water partition coefficient (Wildman–Crippen LogP) is 3.83. The van der Waals surface area contributed by atoms with Gasteiger partial charge in [-0.3, -0.25) is 4.79 Å². The highest BCUT2D eigenvalue weighted by Gasteiger charge is 2.13. The van der Waals surface area contributed by atoms with Crippen LogP contribution in [0.5, 0.6) is 17.2 Å². The lowest BCUT2D eigenvalue weighted by Gasteiger charge is -2.14. The number of hydrogen-bond donors (Lipinski definition) is 2. The molecule has 28 heavy (non-hydrogen) atoms. The number of benzene rings is 2. The first kappa shape index (κ1) is 19.6. The Kier molecular flexibility index (Phi) is 6.42. The number of carbonyl (C=O) groups excluding carboxylic acids is 1. The number of carbonyl (C=O) groups is 1. The second-order valence-corrected chi connectivity index (χ2v) is 6.52. The number of aromatic amines is 1. The van der Waals surface area contributed by atoms with Gasteiger partial charge in [0.2, 0.25) is 11.7 Å². The second-order valence-electron chi connectivity index (χ2n) is 6.52. The molecule has 0 saturated heterocycles. The molecule has 148 valence electrons. The molecule has 1 amide bonds. The highest BCUT2D eigenvalue weighted by atomic mass is 16.5. The Labute approximate surface area is 164 Å². The maximum atomic E-state index is 12.2. The molecule has 1 heterocycles. The van der Waals surface area contributed by atoms with Crippen molar-refractivity contribution in [3.63, 3.8) is 0 Å². The van der Waals surface area contributed by atoms with Crippen molar-refractivity contribution >= 4 is 16.8 Å². The van der Waals surface area contributed by atoms with Crippen molar-refractivity contribution in [2.45, 2.75) is 25.8 Å². The fourth-order valence-electron chi connectivity index (χ4n) is 3.30. The van der Waals surface area contributed by atoms with E-state index in [1.807, 2.05) is 30.5 Å². The number of rotatable bonds is 9. The molecule has 0 fully saturated rings. The summed E-state index contributed by atoms with van der Waals surface area (Å²) in [5.41, 5.74) is 3.26. The summed E-state index contributed by atoms with van der Waals surface area (Å²) >= 11 is 0. The lowest BCUT2D eigenvalue weighted by Crippen LogP contribution is -2.22. The normalized spacial score (nSPS) is 10.7. The molecular formula is C22H26N2O4. The first-order valence-electron chi connectivity index (χ1n) is 9.26. The van der Waals surface area contributed by atoms with Gasteiger partial charge < -0.3 is 24.5 Å². The van der Waals surface area contributed by atoms with Gasteiger partial charge in [0, 0.05) is 30.1 Å². The SMILES string of the molecule is COc1cc(CNC(=O)CCCc2c[nH]c3ccccc23)cc(OC)c1OC. The Hall–Kier alpha value is -3.15. The molecule has 0 aliphatic rings. The number of methoxy groups -OCH3 is 3. The molecule has 6 nitrogen and oxygen atoms in total. The van der Waals surface area contributed by atoms with Gasteiger partial charge in [0.05, 0.1) is 21.3 Å². The third-order valence-corrected chi connectivity index (χ3v) is 4.74. The third-order valence-electron chi connectivity index (χ3n) is 4.74. The topological polar surface area (TPSA) is 72.6 Å². The fraction of sp³-hybridized carbons (Fsp3) is 0.318. The van der Waals surface area contributed by atoms with Gasteiger partial charge in [0.1, 0.15) is 0 Å². The van der Waals surface area contributed by atoms with E-state index in [0.29, 0.717) is 30.2 Å². The maximum absolute atomic E-state index is 12.2. The van der Waals surface area contributed by atoms with Gasteiger partial charge in [-0.05, 0) is 42.2 Å². The molecule has 6 heteroatoms. The van der Waals surface area contributed by atoms with Gasteiger partial charge in [-0.15, -0.1) is 0 Å². The molecule has 0 radical (unpaired) electrons. The molecule has 0 aliphatic carbocycles. The van der Waals surface area contributed by atoms with Crippen LogP contribution in [0.3, 0.4) is 0 Å². The van der Waals surface area contributed by atoms with Crippen LogP contribution in [0.15, 0.2) is 42.6 Å². The molecule has 0 spiro atoms. The molecule has 3 rings (SSSR count). The average Bonchev–Trinajstić information content (AvgIpc) is 3.14. The molecule has 0 saturated carbocycles. The van der Waals surface area contributed by atoms with E-state index in [4.69, 9.17) is 14.2 Å². The summed E-state index contributed by atoms with van der Waals surface area (Å²) in [6, 6.07) is 11.9. The third kappa shape index (κ3) is 4.39. The van der Waals surface area contributed by atoms with E-state index in [-0.39, 0.29) is 5.91 Å². The van der Waals surface area contributed by atoms with E-state index in [1.165, 1.54) is 10.9 Å². The lowest BCUT2D eigenvalue weighted by atomic mass is 10.1. The number of hydrogen-bond acceptors (Lipinski definition) is 4. The van der Waals surface area contributed by atoms with Crippen LogP contribution >= 0.6 is 0 Å². The number of ether oxygens (including phenoxy) is 3. The zero-order valence-electron chi connectivity index (χ0n) is 16.5. The Bertz CT molecular complexity index is 924. The van der Waals surface area contributed by atoms with Gasteiger partial charge >= 0.3 is 0 Å². The van der Waals surface area contributed by atoms with E-state index in [9.17, 15) is 4.79 Å². The molecule has 2 aromatic carbocycles. The van der Waals surface area contributed by atoms with Crippen LogP contribution in [-0.2, 0) is 17.8 Å². The minimum absolute atomic E-state index is 0.0218. The quantitative estimate of drug-likeness (QED) is 0.590. The monoisotopic (exact) mass is 382 g/mol. The second kappa shape index (κ2) is 9.17. The number of fused-ring (bicyclic) bond motifs is 1. The van der Waals surface area contributed by atoms with Crippen LogP contribution in [0.1, 0.15) is 24.0 Å². The van der Waals surface area contributed by atoms with E-state index in [2.05, 4.69) is 22.4 Å². The fourth-order valence-corrected chi connectivity index (χ4v) is 3.30. The summed E-state index contributed by atoms with van der Waals surface area (Å²) in [4.78, 5) is 15.5. The summed E-state index contributed by atoms with van der Waals surface area (Å²) in [6.45, 7) is 0.405. The average molecular weight is 382 g/mol. The molecule has 0 aliphatic heterocycles. The van der Waals surface area contributed by atoms with Crippen LogP contribution in [0.4, 0.5) is 0 Å². The number of aromatic nitrogens is 1. The lowest BCUT2D eigenvalue weighted by molar-refractivity contribution is -0.121. The highest BCUT2D eigenvalue weighted by Crippen LogP contribution is 2.38. The van der Waals surface area contributed by atoms with Crippen molar-refractivity contribution < 1.29 is 19.0 Å². The molecule has 0 atom stereocenters. The van der Waals surface area contributed by atoms with E-state index in [0.717, 1.165) is 23.9 Å². The first-order valence-corrected chi connectivity index (χ1v) is 9.26. The highest BCUT2D eigenvalue weighted by molar-refractivity contribution is 5.83.